The molecule has 1 aromatic heterocycles. The summed E-state index contributed by atoms with van der Waals surface area (Å²) in [5.41, 5.74) is 2.67. The van der Waals surface area contributed by atoms with E-state index in [2.05, 4.69) is 26.7 Å². The summed E-state index contributed by atoms with van der Waals surface area (Å²) in [4.78, 5) is 40.8. The highest BCUT2D eigenvalue weighted by Crippen LogP contribution is 2.26. The van der Waals surface area contributed by atoms with E-state index < -0.39 is 47.3 Å². The van der Waals surface area contributed by atoms with Crippen LogP contribution in [0.5, 0.6) is 0 Å². The Labute approximate surface area is 238 Å². The van der Waals surface area contributed by atoms with Gasteiger partial charge in [0.05, 0.1) is 23.7 Å². The van der Waals surface area contributed by atoms with Crippen molar-refractivity contribution in [3.8, 4) is 0 Å². The van der Waals surface area contributed by atoms with Crippen LogP contribution in [0.2, 0.25) is 0 Å². The average molecular weight is 619 g/mol. The summed E-state index contributed by atoms with van der Waals surface area (Å²) in [6.07, 6.45) is 0.521. The van der Waals surface area contributed by atoms with Gasteiger partial charge in [-0.1, -0.05) is 30.3 Å². The minimum absolute atomic E-state index is 0.0308. The first-order chi connectivity index (χ1) is 18.9. The number of rotatable bonds is 7. The molecule has 0 radical (unpaired) electrons. The molecule has 40 heavy (non-hydrogen) atoms. The predicted molar refractivity (Wildman–Crippen MR) is 147 cm³/mol. The van der Waals surface area contributed by atoms with Crippen LogP contribution < -0.4 is 10.7 Å². The second-order valence-electron chi connectivity index (χ2n) is 10.3. The first kappa shape index (κ1) is 29.2. The number of hydrogen-bond acceptors (Lipinski definition) is 5. The van der Waals surface area contributed by atoms with Crippen LogP contribution in [-0.4, -0.2) is 51.8 Å². The zero-order valence-electron chi connectivity index (χ0n) is 22.1. The minimum Gasteiger partial charge on any atom is -0.444 e. The van der Waals surface area contributed by atoms with E-state index in [4.69, 9.17) is 9.47 Å². The lowest BCUT2D eigenvalue weighted by Gasteiger charge is -2.28. The van der Waals surface area contributed by atoms with Crippen molar-refractivity contribution in [2.24, 2.45) is 0 Å². The third-order valence-electron chi connectivity index (χ3n) is 5.93. The third-order valence-corrected chi connectivity index (χ3v) is 6.56. The maximum Gasteiger partial charge on any atom is 0.411 e. The minimum atomic E-state index is -0.954. The number of ether oxygens (including phenoxy) is 2. The van der Waals surface area contributed by atoms with Crippen LogP contribution in [-0.2, 0) is 20.9 Å². The highest BCUT2D eigenvalue weighted by atomic mass is 79.9. The highest BCUT2D eigenvalue weighted by molar-refractivity contribution is 9.10. The number of amides is 3. The van der Waals surface area contributed by atoms with Crippen molar-refractivity contribution in [2.75, 3.05) is 17.3 Å². The SMILES string of the molecule is CC(C)(C)OC(=O)N1C[C@H](OCc2ccccc2)C[C@H]1C(=O)Nn1ccc(Br)c1C(=O)Nc1cc(F)cc(F)c1. The van der Waals surface area contributed by atoms with Crippen LogP contribution in [0.25, 0.3) is 0 Å². The zero-order valence-corrected chi connectivity index (χ0v) is 23.7. The molecule has 2 atom stereocenters. The molecular formula is C28H29BrF2N4O5. The average Bonchev–Trinajstić information content (AvgIpc) is 3.45. The predicted octanol–water partition coefficient (Wildman–Crippen LogP) is 5.45. The fourth-order valence-electron chi connectivity index (χ4n) is 4.21. The lowest BCUT2D eigenvalue weighted by Crippen LogP contribution is -2.47. The van der Waals surface area contributed by atoms with E-state index in [0.29, 0.717) is 17.1 Å². The van der Waals surface area contributed by atoms with Gasteiger partial charge in [-0.3, -0.25) is 24.6 Å². The normalized spacial score (nSPS) is 17.0. The van der Waals surface area contributed by atoms with Gasteiger partial charge in [-0.15, -0.1) is 0 Å². The Morgan fingerprint density at radius 2 is 1.73 bits per heavy atom. The number of carbonyl (C=O) groups is 3. The fraction of sp³-hybridized carbons (Fsp3) is 0.321. The van der Waals surface area contributed by atoms with Crippen molar-refractivity contribution in [1.82, 2.24) is 9.58 Å². The summed E-state index contributed by atoms with van der Waals surface area (Å²) < 4.78 is 40.2. The van der Waals surface area contributed by atoms with Crippen molar-refractivity contribution in [2.45, 2.75) is 51.5 Å². The Morgan fingerprint density at radius 1 is 1.05 bits per heavy atom. The van der Waals surface area contributed by atoms with E-state index in [-0.39, 0.29) is 24.3 Å². The summed E-state index contributed by atoms with van der Waals surface area (Å²) in [6, 6.07) is 12.7. The van der Waals surface area contributed by atoms with Gasteiger partial charge < -0.3 is 14.8 Å². The van der Waals surface area contributed by atoms with E-state index in [1.165, 1.54) is 21.8 Å². The zero-order chi connectivity index (χ0) is 29.0. The molecule has 0 aliphatic carbocycles. The smallest absolute Gasteiger partial charge is 0.411 e. The maximum atomic E-state index is 13.6. The summed E-state index contributed by atoms with van der Waals surface area (Å²) in [7, 11) is 0. The molecule has 4 rings (SSSR count). The van der Waals surface area contributed by atoms with E-state index in [1.54, 1.807) is 20.8 Å². The molecule has 0 spiro atoms. The van der Waals surface area contributed by atoms with Gasteiger partial charge in [0.15, 0.2) is 0 Å². The van der Waals surface area contributed by atoms with Gasteiger partial charge in [0.1, 0.15) is 29.0 Å². The second-order valence-corrected chi connectivity index (χ2v) is 11.1. The molecule has 2 heterocycles. The summed E-state index contributed by atoms with van der Waals surface area (Å²) >= 11 is 3.27. The fourth-order valence-corrected chi connectivity index (χ4v) is 4.70. The first-order valence-electron chi connectivity index (χ1n) is 12.5. The quantitative estimate of drug-likeness (QED) is 0.367. The molecule has 3 amide bonds. The van der Waals surface area contributed by atoms with Crippen LogP contribution >= 0.6 is 15.9 Å². The van der Waals surface area contributed by atoms with Crippen LogP contribution in [0.1, 0.15) is 43.2 Å². The molecular weight excluding hydrogens is 590 g/mol. The molecule has 1 aliphatic rings. The van der Waals surface area contributed by atoms with Crippen molar-refractivity contribution >= 4 is 39.5 Å². The number of hydrogen-bond donors (Lipinski definition) is 2. The van der Waals surface area contributed by atoms with E-state index in [9.17, 15) is 23.2 Å². The van der Waals surface area contributed by atoms with E-state index in [1.807, 2.05) is 30.3 Å². The van der Waals surface area contributed by atoms with Gasteiger partial charge in [-0.05, 0) is 60.5 Å². The molecule has 0 saturated carbocycles. The van der Waals surface area contributed by atoms with Gasteiger partial charge in [0.2, 0.25) is 0 Å². The number of likely N-dealkylation sites (tertiary alicyclic amines) is 1. The number of halogens is 3. The molecule has 1 saturated heterocycles. The Bertz CT molecular complexity index is 1370. The maximum absolute atomic E-state index is 13.6. The summed E-state index contributed by atoms with van der Waals surface area (Å²) in [5, 5.41) is 2.42. The summed E-state index contributed by atoms with van der Waals surface area (Å²) in [6.45, 7) is 5.62. The Kier molecular flexibility index (Phi) is 8.89. The molecule has 12 heteroatoms. The molecule has 9 nitrogen and oxygen atoms in total. The van der Waals surface area contributed by atoms with Crippen LogP contribution in [0.15, 0.2) is 65.3 Å². The number of benzene rings is 2. The topological polar surface area (TPSA) is 102 Å². The Balaban J connectivity index is 1.50. The van der Waals surface area contributed by atoms with Gasteiger partial charge in [-0.25, -0.2) is 13.6 Å². The molecule has 3 aromatic rings. The molecule has 1 fully saturated rings. The van der Waals surface area contributed by atoms with Crippen LogP contribution in [0, 0.1) is 11.6 Å². The highest BCUT2D eigenvalue weighted by Gasteiger charge is 2.42. The molecule has 0 unspecified atom stereocenters. The Hall–Kier alpha value is -3.77. The van der Waals surface area contributed by atoms with E-state index in [0.717, 1.165) is 17.7 Å². The largest absolute Gasteiger partial charge is 0.444 e. The van der Waals surface area contributed by atoms with Gasteiger partial charge in [0, 0.05) is 24.4 Å². The summed E-state index contributed by atoms with van der Waals surface area (Å²) in [5.74, 6) is -3.02. The molecule has 1 aliphatic heterocycles. The standard InChI is InChI=1S/C28H29BrF2N4O5/c1-28(2,3)40-27(38)34-15-21(39-16-17-7-5-4-6-8-17)14-23(34)25(36)33-35-10-9-22(29)24(35)26(37)32-20-12-18(30)11-19(31)13-20/h4-13,21,23H,14-16H2,1-3H3,(H,32,37)(H,33,36)/t21-,23+/m1/s1. The van der Waals surface area contributed by atoms with Crippen molar-refractivity contribution in [3.05, 3.63) is 88.2 Å². The van der Waals surface area contributed by atoms with Crippen molar-refractivity contribution in [1.29, 1.82) is 0 Å². The van der Waals surface area contributed by atoms with Gasteiger partial charge in [-0.2, -0.15) is 0 Å². The molecule has 2 N–H and O–H groups in total. The van der Waals surface area contributed by atoms with Crippen LogP contribution in [0.3, 0.4) is 0 Å². The molecule has 212 valence electrons. The number of nitrogens with one attached hydrogen (secondary N) is 2. The monoisotopic (exact) mass is 618 g/mol. The van der Waals surface area contributed by atoms with Crippen LogP contribution in [0.4, 0.5) is 19.3 Å². The van der Waals surface area contributed by atoms with E-state index >= 15 is 0 Å². The van der Waals surface area contributed by atoms with Crippen molar-refractivity contribution < 1.29 is 32.6 Å². The van der Waals surface area contributed by atoms with Gasteiger partial charge in [0.25, 0.3) is 11.8 Å². The van der Waals surface area contributed by atoms with Gasteiger partial charge >= 0.3 is 6.09 Å². The lowest BCUT2D eigenvalue weighted by atomic mass is 10.2. The number of aromatic nitrogens is 1. The Morgan fingerprint density at radius 3 is 2.38 bits per heavy atom. The third kappa shape index (κ3) is 7.45. The van der Waals surface area contributed by atoms with Crippen molar-refractivity contribution in [3.63, 3.8) is 0 Å². The molecule has 2 aromatic carbocycles. The number of carbonyl (C=O) groups excluding carboxylic acids is 3. The molecule has 0 bridgehead atoms. The lowest BCUT2D eigenvalue weighted by molar-refractivity contribution is -0.121. The number of anilines is 1. The number of nitrogens with zero attached hydrogens (tertiary/aromatic N) is 2. The second kappa shape index (κ2) is 12.2. The first-order valence-corrected chi connectivity index (χ1v) is 13.3.